The lowest BCUT2D eigenvalue weighted by Gasteiger charge is -2.31. The lowest BCUT2D eigenvalue weighted by Crippen LogP contribution is -2.42. The van der Waals surface area contributed by atoms with E-state index in [2.05, 4.69) is 4.90 Å². The third kappa shape index (κ3) is 4.51. The van der Waals surface area contributed by atoms with Gasteiger partial charge in [0.25, 0.3) is 11.7 Å². The molecular formula is C27H30N2O6. The summed E-state index contributed by atoms with van der Waals surface area (Å²) in [6.45, 7) is 5.83. The van der Waals surface area contributed by atoms with Gasteiger partial charge in [0.05, 0.1) is 31.9 Å². The largest absolute Gasteiger partial charge is 0.507 e. The van der Waals surface area contributed by atoms with Gasteiger partial charge in [-0.1, -0.05) is 12.1 Å². The molecule has 184 valence electrons. The number of aliphatic hydroxyl groups is 1. The maximum Gasteiger partial charge on any atom is 0.295 e. The number of aliphatic hydroxyl groups excluding tert-OH is 1. The zero-order chi connectivity index (χ0) is 24.5. The van der Waals surface area contributed by atoms with E-state index < -0.39 is 17.7 Å². The van der Waals surface area contributed by atoms with Crippen LogP contribution < -0.4 is 9.47 Å². The molecule has 3 aliphatic heterocycles. The van der Waals surface area contributed by atoms with Crippen molar-refractivity contribution in [2.75, 3.05) is 46.5 Å². The maximum absolute atomic E-state index is 13.3. The Balaban J connectivity index is 1.54. The van der Waals surface area contributed by atoms with E-state index in [0.717, 1.165) is 30.8 Å². The highest BCUT2D eigenvalue weighted by molar-refractivity contribution is 6.46. The van der Waals surface area contributed by atoms with E-state index >= 15 is 0 Å². The molecule has 2 aromatic rings. The number of methoxy groups -OCH3 is 1. The normalized spacial score (nSPS) is 23.9. The van der Waals surface area contributed by atoms with Crippen LogP contribution in [0.25, 0.3) is 5.76 Å². The standard InChI is InChI=1S/C27H30N2O6/c1-17-14-20-15-19(6-7-22(20)35-17)25(30)23-24(18-4-3-5-21(16-18)33-2)29(27(32)26(23)31)9-8-28-10-12-34-13-11-28/h3-7,15-17,24,30H,8-14H2,1-2H3/b25-23+. The Hall–Kier alpha value is -3.36. The zero-order valence-electron chi connectivity index (χ0n) is 20.0. The van der Waals surface area contributed by atoms with Gasteiger partial charge in [-0.2, -0.15) is 0 Å². The van der Waals surface area contributed by atoms with Crippen molar-refractivity contribution in [3.05, 3.63) is 64.7 Å². The molecule has 2 atom stereocenters. The number of morpholine rings is 1. The summed E-state index contributed by atoms with van der Waals surface area (Å²) in [5.74, 6) is -0.0603. The summed E-state index contributed by atoms with van der Waals surface area (Å²) in [4.78, 5) is 30.3. The average molecular weight is 479 g/mol. The predicted molar refractivity (Wildman–Crippen MR) is 129 cm³/mol. The smallest absolute Gasteiger partial charge is 0.295 e. The molecule has 0 saturated carbocycles. The molecule has 0 aromatic heterocycles. The number of benzene rings is 2. The Morgan fingerprint density at radius 1 is 1.11 bits per heavy atom. The molecule has 3 aliphatic rings. The van der Waals surface area contributed by atoms with Gasteiger partial charge in [-0.15, -0.1) is 0 Å². The number of likely N-dealkylation sites (tertiary alicyclic amines) is 1. The summed E-state index contributed by atoms with van der Waals surface area (Å²) in [7, 11) is 1.57. The zero-order valence-corrected chi connectivity index (χ0v) is 20.0. The van der Waals surface area contributed by atoms with Crippen LogP contribution in [0.15, 0.2) is 48.0 Å². The minimum absolute atomic E-state index is 0.0601. The molecule has 5 rings (SSSR count). The van der Waals surface area contributed by atoms with Crippen LogP contribution in [0.1, 0.15) is 29.7 Å². The number of fused-ring (bicyclic) bond motifs is 1. The molecule has 2 aromatic carbocycles. The maximum atomic E-state index is 13.3. The predicted octanol–water partition coefficient (Wildman–Crippen LogP) is 2.77. The molecule has 1 N–H and O–H groups in total. The van der Waals surface area contributed by atoms with Crippen molar-refractivity contribution in [2.45, 2.75) is 25.5 Å². The summed E-state index contributed by atoms with van der Waals surface area (Å²) in [6.07, 6.45) is 0.786. The van der Waals surface area contributed by atoms with Gasteiger partial charge in [0.15, 0.2) is 0 Å². The molecule has 0 aliphatic carbocycles. The molecule has 2 unspecified atom stereocenters. The first-order valence-electron chi connectivity index (χ1n) is 12.0. The molecule has 2 fully saturated rings. The summed E-state index contributed by atoms with van der Waals surface area (Å²) in [5.41, 5.74) is 2.28. The minimum Gasteiger partial charge on any atom is -0.507 e. The number of ether oxygens (including phenoxy) is 3. The second kappa shape index (κ2) is 9.71. The van der Waals surface area contributed by atoms with Gasteiger partial charge < -0.3 is 24.2 Å². The van der Waals surface area contributed by atoms with Crippen LogP contribution in [0.2, 0.25) is 0 Å². The van der Waals surface area contributed by atoms with Crippen molar-refractivity contribution in [1.29, 1.82) is 0 Å². The number of hydrogen-bond donors (Lipinski definition) is 1. The minimum atomic E-state index is -0.713. The first kappa shape index (κ1) is 23.4. The quantitative estimate of drug-likeness (QED) is 0.388. The van der Waals surface area contributed by atoms with E-state index in [1.54, 1.807) is 18.1 Å². The number of ketones is 1. The third-order valence-corrected chi connectivity index (χ3v) is 6.88. The topological polar surface area (TPSA) is 88.5 Å². The highest BCUT2D eigenvalue weighted by Gasteiger charge is 2.46. The number of carbonyl (C=O) groups excluding carboxylic acids is 2. The fourth-order valence-corrected chi connectivity index (χ4v) is 5.07. The van der Waals surface area contributed by atoms with Crippen LogP contribution in [-0.4, -0.2) is 79.2 Å². The number of hydrogen-bond acceptors (Lipinski definition) is 7. The van der Waals surface area contributed by atoms with Gasteiger partial charge in [0, 0.05) is 38.2 Å². The van der Waals surface area contributed by atoms with Crippen LogP contribution in [0.3, 0.4) is 0 Å². The summed E-state index contributed by atoms with van der Waals surface area (Å²) in [5, 5.41) is 11.4. The van der Waals surface area contributed by atoms with E-state index in [1.807, 2.05) is 43.3 Å². The number of nitrogens with zero attached hydrogens (tertiary/aromatic N) is 2. The van der Waals surface area contributed by atoms with E-state index in [0.29, 0.717) is 43.2 Å². The van der Waals surface area contributed by atoms with Gasteiger partial charge in [0.2, 0.25) is 0 Å². The third-order valence-electron chi connectivity index (χ3n) is 6.88. The Kier molecular flexibility index (Phi) is 6.49. The second-order valence-electron chi connectivity index (χ2n) is 9.18. The second-order valence-corrected chi connectivity index (χ2v) is 9.18. The van der Waals surface area contributed by atoms with Crippen LogP contribution in [0, 0.1) is 0 Å². The molecule has 35 heavy (non-hydrogen) atoms. The Morgan fingerprint density at radius 2 is 1.91 bits per heavy atom. The summed E-state index contributed by atoms with van der Waals surface area (Å²) in [6, 6.07) is 12.0. The van der Waals surface area contributed by atoms with Crippen molar-refractivity contribution < 1.29 is 28.9 Å². The van der Waals surface area contributed by atoms with Gasteiger partial charge in [0.1, 0.15) is 23.4 Å². The molecule has 1 amide bonds. The Bertz CT molecular complexity index is 1170. The first-order chi connectivity index (χ1) is 17.0. The molecule has 0 spiro atoms. The molecule has 3 heterocycles. The van der Waals surface area contributed by atoms with Crippen LogP contribution >= 0.6 is 0 Å². The van der Waals surface area contributed by atoms with Crippen molar-refractivity contribution in [1.82, 2.24) is 9.80 Å². The van der Waals surface area contributed by atoms with Gasteiger partial charge in [-0.25, -0.2) is 0 Å². The molecule has 8 nitrogen and oxygen atoms in total. The fourth-order valence-electron chi connectivity index (χ4n) is 5.07. The molecule has 2 saturated heterocycles. The van der Waals surface area contributed by atoms with E-state index in [1.165, 1.54) is 0 Å². The monoisotopic (exact) mass is 478 g/mol. The van der Waals surface area contributed by atoms with Crippen LogP contribution in [0.4, 0.5) is 0 Å². The van der Waals surface area contributed by atoms with Gasteiger partial charge >= 0.3 is 0 Å². The first-order valence-corrected chi connectivity index (χ1v) is 12.0. The van der Waals surface area contributed by atoms with Crippen molar-refractivity contribution in [2.24, 2.45) is 0 Å². The van der Waals surface area contributed by atoms with Crippen LogP contribution in [-0.2, 0) is 20.7 Å². The van der Waals surface area contributed by atoms with Crippen molar-refractivity contribution in [3.8, 4) is 11.5 Å². The number of rotatable bonds is 6. The highest BCUT2D eigenvalue weighted by Crippen LogP contribution is 2.41. The lowest BCUT2D eigenvalue weighted by atomic mass is 9.94. The summed E-state index contributed by atoms with van der Waals surface area (Å²) >= 11 is 0. The van der Waals surface area contributed by atoms with Gasteiger partial charge in [-0.3, -0.25) is 14.5 Å². The van der Waals surface area contributed by atoms with Crippen LogP contribution in [0.5, 0.6) is 11.5 Å². The SMILES string of the molecule is COc1cccc(C2/C(=C(\O)c3ccc4c(c3)CC(C)O4)C(=O)C(=O)N2CCN2CCOCC2)c1. The van der Waals surface area contributed by atoms with E-state index in [9.17, 15) is 14.7 Å². The van der Waals surface area contributed by atoms with Crippen molar-refractivity contribution >= 4 is 17.4 Å². The van der Waals surface area contributed by atoms with E-state index in [-0.39, 0.29) is 17.4 Å². The summed E-state index contributed by atoms with van der Waals surface area (Å²) < 4.78 is 16.6. The van der Waals surface area contributed by atoms with E-state index in [4.69, 9.17) is 14.2 Å². The van der Waals surface area contributed by atoms with Crippen molar-refractivity contribution in [3.63, 3.8) is 0 Å². The van der Waals surface area contributed by atoms with Gasteiger partial charge in [-0.05, 0) is 48.4 Å². The molecule has 0 bridgehead atoms. The fraction of sp³-hybridized carbons (Fsp3) is 0.407. The molecule has 0 radical (unpaired) electrons. The highest BCUT2D eigenvalue weighted by atomic mass is 16.5. The Morgan fingerprint density at radius 3 is 2.69 bits per heavy atom. The lowest BCUT2D eigenvalue weighted by molar-refractivity contribution is -0.140. The number of Topliss-reactive ketones (excluding diaryl/α,β-unsaturated/α-hetero) is 1. The number of amides is 1. The molecule has 8 heteroatoms. The molecular weight excluding hydrogens is 448 g/mol. The Labute approximate surface area is 204 Å². The number of carbonyl (C=O) groups is 2. The average Bonchev–Trinajstić information content (AvgIpc) is 3.38.